The lowest BCUT2D eigenvalue weighted by Gasteiger charge is -2.24. The van der Waals surface area contributed by atoms with Gasteiger partial charge >= 0.3 is 0 Å². The summed E-state index contributed by atoms with van der Waals surface area (Å²) >= 11 is 5.99. The van der Waals surface area contributed by atoms with Crippen LogP contribution >= 0.6 is 11.6 Å². The Morgan fingerprint density at radius 1 is 1.17 bits per heavy atom. The average Bonchev–Trinajstić information content (AvgIpc) is 2.38. The highest BCUT2D eigenvalue weighted by Gasteiger charge is 2.11. The molecule has 3 heteroatoms. The predicted molar refractivity (Wildman–Crippen MR) is 77.8 cm³/mol. The molecule has 0 bridgehead atoms. The Kier molecular flexibility index (Phi) is 3.87. The molecule has 0 amide bonds. The van der Waals surface area contributed by atoms with Gasteiger partial charge < -0.3 is 4.90 Å². The zero-order valence-electron chi connectivity index (χ0n) is 10.9. The third kappa shape index (κ3) is 2.49. The minimum Gasteiger partial charge on any atom is -0.344 e. The summed E-state index contributed by atoms with van der Waals surface area (Å²) in [4.78, 5) is 6.47. The summed E-state index contributed by atoms with van der Waals surface area (Å²) in [5.74, 6) is 0.471. The van der Waals surface area contributed by atoms with Gasteiger partial charge in [0.1, 0.15) is 0 Å². The summed E-state index contributed by atoms with van der Waals surface area (Å²) in [6.07, 6.45) is 1.85. The number of aromatic nitrogens is 1. The quantitative estimate of drug-likeness (QED) is 0.769. The fourth-order valence-electron chi connectivity index (χ4n) is 2.06. The van der Waals surface area contributed by atoms with Gasteiger partial charge in [-0.2, -0.15) is 0 Å². The highest BCUT2D eigenvalue weighted by Crippen LogP contribution is 2.30. The first-order chi connectivity index (χ1) is 8.63. The van der Waals surface area contributed by atoms with Gasteiger partial charge in [-0.25, -0.2) is 0 Å². The maximum absolute atomic E-state index is 5.99. The Labute approximate surface area is 113 Å². The first-order valence-electron chi connectivity index (χ1n) is 5.94. The minimum absolute atomic E-state index is 0.471. The molecule has 0 fully saturated rings. The normalized spacial score (nSPS) is 10.4. The van der Waals surface area contributed by atoms with Crippen LogP contribution in [-0.4, -0.2) is 12.0 Å². The zero-order valence-corrected chi connectivity index (χ0v) is 11.7. The average molecular weight is 261 g/mol. The lowest BCUT2D eigenvalue weighted by Crippen LogP contribution is -2.13. The van der Waals surface area contributed by atoms with Gasteiger partial charge in [0.25, 0.3) is 0 Å². The van der Waals surface area contributed by atoms with E-state index < -0.39 is 0 Å². The van der Waals surface area contributed by atoms with Gasteiger partial charge in [-0.15, -0.1) is 11.6 Å². The number of hydrogen-bond acceptors (Lipinski definition) is 2. The van der Waals surface area contributed by atoms with Gasteiger partial charge in [0.15, 0.2) is 0 Å². The Morgan fingerprint density at radius 3 is 2.56 bits per heavy atom. The zero-order chi connectivity index (χ0) is 13.1. The number of benzene rings is 1. The number of alkyl halides is 1. The maximum atomic E-state index is 5.99. The van der Waals surface area contributed by atoms with Gasteiger partial charge in [0, 0.05) is 35.9 Å². The fraction of sp³-hybridized carbons (Fsp3) is 0.267. The number of pyridine rings is 1. The molecular formula is C15H17ClN2. The number of aryl methyl sites for hydroxylation is 2. The first-order valence-corrected chi connectivity index (χ1v) is 6.47. The standard InChI is InChI=1S/C15H17ClN2/c1-11-6-4-5-7-14(11)18(3)15-8-12(2)17-10-13(15)9-16/h4-8,10H,9H2,1-3H3. The Bertz CT molecular complexity index is 552. The Balaban J connectivity index is 2.48. The van der Waals surface area contributed by atoms with Gasteiger partial charge in [0.2, 0.25) is 0 Å². The second-order valence-corrected chi connectivity index (χ2v) is 4.70. The molecule has 0 saturated heterocycles. The van der Waals surface area contributed by atoms with Crippen molar-refractivity contribution in [2.45, 2.75) is 19.7 Å². The van der Waals surface area contributed by atoms with Crippen LogP contribution in [0.2, 0.25) is 0 Å². The van der Waals surface area contributed by atoms with Crippen molar-refractivity contribution < 1.29 is 0 Å². The van der Waals surface area contributed by atoms with Gasteiger partial charge in [-0.1, -0.05) is 18.2 Å². The molecule has 2 rings (SSSR count). The topological polar surface area (TPSA) is 16.1 Å². The van der Waals surface area contributed by atoms with Crippen molar-refractivity contribution in [3.05, 3.63) is 53.3 Å². The second kappa shape index (κ2) is 5.40. The van der Waals surface area contributed by atoms with Crippen molar-refractivity contribution in [2.24, 2.45) is 0 Å². The van der Waals surface area contributed by atoms with Crippen LogP contribution in [0, 0.1) is 13.8 Å². The minimum atomic E-state index is 0.471. The number of anilines is 2. The molecule has 0 unspecified atom stereocenters. The summed E-state index contributed by atoms with van der Waals surface area (Å²) in [6, 6.07) is 10.4. The smallest absolute Gasteiger partial charge is 0.0510 e. The van der Waals surface area contributed by atoms with Crippen LogP contribution in [0.3, 0.4) is 0 Å². The molecule has 1 aromatic heterocycles. The largest absolute Gasteiger partial charge is 0.344 e. The third-order valence-electron chi connectivity index (χ3n) is 3.08. The molecule has 0 aliphatic rings. The van der Waals surface area contributed by atoms with Crippen molar-refractivity contribution in [2.75, 3.05) is 11.9 Å². The number of nitrogens with zero attached hydrogens (tertiary/aromatic N) is 2. The van der Waals surface area contributed by atoms with Gasteiger partial charge in [0.05, 0.1) is 5.88 Å². The predicted octanol–water partition coefficient (Wildman–Crippen LogP) is 4.21. The second-order valence-electron chi connectivity index (χ2n) is 4.43. The SMILES string of the molecule is Cc1cc(N(C)c2ccccc2C)c(CCl)cn1. The molecule has 0 atom stereocenters. The highest BCUT2D eigenvalue weighted by molar-refractivity contribution is 6.17. The van der Waals surface area contributed by atoms with Crippen molar-refractivity contribution in [3.8, 4) is 0 Å². The van der Waals surface area contributed by atoms with Crippen LogP contribution in [0.1, 0.15) is 16.8 Å². The number of rotatable bonds is 3. The molecule has 2 nitrogen and oxygen atoms in total. The van der Waals surface area contributed by atoms with E-state index in [4.69, 9.17) is 11.6 Å². The Morgan fingerprint density at radius 2 is 1.89 bits per heavy atom. The van der Waals surface area contributed by atoms with Crippen LogP contribution < -0.4 is 4.90 Å². The molecule has 1 aromatic carbocycles. The molecule has 0 aliphatic carbocycles. The molecule has 0 saturated carbocycles. The van der Waals surface area contributed by atoms with E-state index in [1.165, 1.54) is 11.3 Å². The molecule has 0 N–H and O–H groups in total. The summed E-state index contributed by atoms with van der Waals surface area (Å²) in [7, 11) is 2.06. The monoisotopic (exact) mass is 260 g/mol. The van der Waals surface area contributed by atoms with Crippen molar-refractivity contribution >= 4 is 23.0 Å². The number of hydrogen-bond donors (Lipinski definition) is 0. The summed E-state index contributed by atoms with van der Waals surface area (Å²) in [6.45, 7) is 4.10. The molecule has 2 aromatic rings. The van der Waals surface area contributed by atoms with E-state index in [1.54, 1.807) is 0 Å². The number of para-hydroxylation sites is 1. The van der Waals surface area contributed by atoms with E-state index >= 15 is 0 Å². The van der Waals surface area contributed by atoms with Crippen LogP contribution in [0.15, 0.2) is 36.5 Å². The van der Waals surface area contributed by atoms with E-state index in [1.807, 2.05) is 25.3 Å². The van der Waals surface area contributed by atoms with Gasteiger partial charge in [-0.3, -0.25) is 4.98 Å². The highest BCUT2D eigenvalue weighted by atomic mass is 35.5. The van der Waals surface area contributed by atoms with Gasteiger partial charge in [-0.05, 0) is 31.5 Å². The molecular weight excluding hydrogens is 244 g/mol. The van der Waals surface area contributed by atoms with Crippen LogP contribution in [0.4, 0.5) is 11.4 Å². The van der Waals surface area contributed by atoms with E-state index in [2.05, 4.69) is 42.1 Å². The molecule has 0 radical (unpaired) electrons. The van der Waals surface area contributed by atoms with E-state index in [-0.39, 0.29) is 0 Å². The summed E-state index contributed by atoms with van der Waals surface area (Å²) in [5.41, 5.74) is 5.60. The Hall–Kier alpha value is -1.54. The van der Waals surface area contributed by atoms with E-state index in [0.29, 0.717) is 5.88 Å². The van der Waals surface area contributed by atoms with Crippen molar-refractivity contribution in [3.63, 3.8) is 0 Å². The maximum Gasteiger partial charge on any atom is 0.0510 e. The molecule has 94 valence electrons. The van der Waals surface area contributed by atoms with E-state index in [9.17, 15) is 0 Å². The molecule has 18 heavy (non-hydrogen) atoms. The molecule has 1 heterocycles. The molecule has 0 spiro atoms. The van der Waals surface area contributed by atoms with Crippen molar-refractivity contribution in [1.29, 1.82) is 0 Å². The fourth-order valence-corrected chi connectivity index (χ4v) is 2.26. The summed E-state index contributed by atoms with van der Waals surface area (Å²) in [5, 5.41) is 0. The lowest BCUT2D eigenvalue weighted by atomic mass is 10.1. The molecule has 0 aliphatic heterocycles. The number of halogens is 1. The van der Waals surface area contributed by atoms with Crippen LogP contribution in [0.5, 0.6) is 0 Å². The first kappa shape index (κ1) is 12.9. The van der Waals surface area contributed by atoms with E-state index in [0.717, 1.165) is 16.9 Å². The van der Waals surface area contributed by atoms with Crippen molar-refractivity contribution in [1.82, 2.24) is 4.98 Å². The summed E-state index contributed by atoms with van der Waals surface area (Å²) < 4.78 is 0. The lowest BCUT2D eigenvalue weighted by molar-refractivity contribution is 1.10. The third-order valence-corrected chi connectivity index (χ3v) is 3.37. The van der Waals surface area contributed by atoms with Crippen LogP contribution in [0.25, 0.3) is 0 Å². The van der Waals surface area contributed by atoms with Crippen LogP contribution in [-0.2, 0) is 5.88 Å².